The Bertz CT molecular complexity index is 1270. The third kappa shape index (κ3) is 6.16. The van der Waals surface area contributed by atoms with Gasteiger partial charge in [-0.2, -0.15) is 18.3 Å². The summed E-state index contributed by atoms with van der Waals surface area (Å²) in [5.74, 6) is -2.60. The second kappa shape index (κ2) is 11.7. The molecule has 0 bridgehead atoms. The number of aromatic nitrogens is 2. The first-order valence-electron chi connectivity index (χ1n) is 13.0. The van der Waals surface area contributed by atoms with Gasteiger partial charge in [0, 0.05) is 13.0 Å². The van der Waals surface area contributed by atoms with Crippen molar-refractivity contribution >= 4 is 40.9 Å². The van der Waals surface area contributed by atoms with Gasteiger partial charge in [-0.15, -0.1) is 0 Å². The Morgan fingerprint density at radius 3 is 2.35 bits per heavy atom. The number of nitrogens with zero attached hydrogens (tertiary/aromatic N) is 2. The molecule has 2 aromatic rings. The normalized spacial score (nSPS) is 25.9. The molecular weight excluding hydrogens is 574 g/mol. The van der Waals surface area contributed by atoms with Gasteiger partial charge in [-0.05, 0) is 57.1 Å². The first kappa shape index (κ1) is 30.3. The van der Waals surface area contributed by atoms with Gasteiger partial charge in [-0.3, -0.25) is 19.1 Å². The fourth-order valence-electron chi connectivity index (χ4n) is 5.58. The van der Waals surface area contributed by atoms with Crippen molar-refractivity contribution in [3.8, 4) is 0 Å². The lowest BCUT2D eigenvalue weighted by molar-refractivity contribution is -0.152. The molecule has 1 saturated heterocycles. The molecule has 0 spiro atoms. The first-order chi connectivity index (χ1) is 18.7. The maximum Gasteiger partial charge on any atom is 0.433 e. The van der Waals surface area contributed by atoms with E-state index in [1.807, 2.05) is 6.92 Å². The van der Waals surface area contributed by atoms with Crippen molar-refractivity contribution in [2.75, 3.05) is 6.61 Å². The maximum atomic E-state index is 14.3. The van der Waals surface area contributed by atoms with Crippen LogP contribution < -0.4 is 5.32 Å². The zero-order valence-corrected chi connectivity index (χ0v) is 23.4. The topological polar surface area (TPSA) is 111 Å². The fourth-order valence-corrected chi connectivity index (χ4v) is 6.19. The van der Waals surface area contributed by atoms with Gasteiger partial charge in [-0.25, -0.2) is 0 Å². The van der Waals surface area contributed by atoms with E-state index in [0.29, 0.717) is 13.0 Å². The lowest BCUT2D eigenvalue weighted by Gasteiger charge is -2.34. The van der Waals surface area contributed by atoms with Gasteiger partial charge in [0.2, 0.25) is 0 Å². The lowest BCUT2D eigenvalue weighted by Crippen LogP contribution is -2.47. The molecule has 1 aliphatic heterocycles. The largest absolute Gasteiger partial charge is 0.481 e. The van der Waals surface area contributed by atoms with Crippen LogP contribution in [0.3, 0.4) is 0 Å². The van der Waals surface area contributed by atoms with E-state index >= 15 is 0 Å². The number of aliphatic carboxylic acids is 1. The van der Waals surface area contributed by atoms with Gasteiger partial charge in [0.15, 0.2) is 11.5 Å². The second-order valence-electron chi connectivity index (χ2n) is 10.9. The van der Waals surface area contributed by atoms with Crippen LogP contribution in [0.4, 0.5) is 13.2 Å². The molecule has 0 radical (unpaired) electrons. The minimum absolute atomic E-state index is 0.0604. The third-order valence-electron chi connectivity index (χ3n) is 8.03. The Kier molecular flexibility index (Phi) is 8.87. The van der Waals surface area contributed by atoms with Crippen molar-refractivity contribution in [3.05, 3.63) is 51.3 Å². The summed E-state index contributed by atoms with van der Waals surface area (Å²) in [4.78, 5) is 38.1. The van der Waals surface area contributed by atoms with Crippen LogP contribution in [0, 0.1) is 11.3 Å². The Labute approximate surface area is 239 Å². The summed E-state index contributed by atoms with van der Waals surface area (Å²) in [7, 11) is 0. The van der Waals surface area contributed by atoms with E-state index in [1.54, 1.807) is 13.0 Å². The Morgan fingerprint density at radius 2 is 1.82 bits per heavy atom. The second-order valence-corrected chi connectivity index (χ2v) is 11.7. The van der Waals surface area contributed by atoms with Gasteiger partial charge >= 0.3 is 12.1 Å². The number of hydrogen-bond donors (Lipinski definition) is 2. The number of carboxylic acids is 1. The first-order valence-corrected chi connectivity index (χ1v) is 13.8. The van der Waals surface area contributed by atoms with E-state index < -0.39 is 58.7 Å². The van der Waals surface area contributed by atoms with Crippen molar-refractivity contribution in [3.63, 3.8) is 0 Å². The molecule has 1 amide bonds. The van der Waals surface area contributed by atoms with E-state index in [9.17, 15) is 32.7 Å². The van der Waals surface area contributed by atoms with Crippen LogP contribution in [0.15, 0.2) is 24.4 Å². The average molecular weight is 604 g/mol. The predicted molar refractivity (Wildman–Crippen MR) is 141 cm³/mol. The van der Waals surface area contributed by atoms with Crippen LogP contribution in [0.1, 0.15) is 84.8 Å². The standard InChI is InChI=1S/C27H30Cl2F3N3O5/c1-14-8-11-40-22(14)19(12-20(36)21-17(28)4-3-5-18(21)29)34-24(37)16-13-33-35(23(16)27(30,31)32)15-6-9-26(2,10-7-15)25(38)39/h3-5,13-15,19,22H,6-12H2,1-2H3,(H,34,37)(H,38,39)/t14-,15?,19?,22-,26?/m0/s1. The summed E-state index contributed by atoms with van der Waals surface area (Å²) in [5.41, 5.74) is -2.86. The third-order valence-corrected chi connectivity index (χ3v) is 8.66. The van der Waals surface area contributed by atoms with E-state index in [4.69, 9.17) is 27.9 Å². The fraction of sp³-hybridized carbons (Fsp3) is 0.556. The minimum atomic E-state index is -4.91. The molecule has 2 N–H and O–H groups in total. The number of Topliss-reactive ketones (excluding diaryl/α,β-unsaturated/α-hetero) is 1. The Balaban J connectivity index is 1.61. The molecule has 1 aromatic carbocycles. The molecule has 2 heterocycles. The predicted octanol–water partition coefficient (Wildman–Crippen LogP) is 6.21. The monoisotopic (exact) mass is 603 g/mol. The van der Waals surface area contributed by atoms with E-state index in [0.717, 1.165) is 10.9 Å². The Hall–Kier alpha value is -2.63. The molecule has 218 valence electrons. The lowest BCUT2D eigenvalue weighted by atomic mass is 9.74. The number of hydrogen-bond acceptors (Lipinski definition) is 5. The molecule has 1 aromatic heterocycles. The summed E-state index contributed by atoms with van der Waals surface area (Å²) in [6, 6.07) is 2.89. The molecule has 3 atom stereocenters. The van der Waals surface area contributed by atoms with Crippen molar-refractivity contribution in [1.29, 1.82) is 0 Å². The van der Waals surface area contributed by atoms with Crippen LogP contribution in [0.2, 0.25) is 10.0 Å². The average Bonchev–Trinajstić information content (AvgIpc) is 3.50. The molecule has 1 unspecified atom stereocenters. The number of amides is 1. The quantitative estimate of drug-likeness (QED) is 0.347. The molecule has 13 heteroatoms. The van der Waals surface area contributed by atoms with Gasteiger partial charge in [0.05, 0.1) is 51.0 Å². The summed E-state index contributed by atoms with van der Waals surface area (Å²) in [6.07, 6.45) is -3.62. The number of halogens is 5. The highest BCUT2D eigenvalue weighted by Crippen LogP contribution is 2.43. The molecule has 1 aliphatic carbocycles. The van der Waals surface area contributed by atoms with Crippen LogP contribution in [-0.2, 0) is 15.7 Å². The Morgan fingerprint density at radius 1 is 1.20 bits per heavy atom. The summed E-state index contributed by atoms with van der Waals surface area (Å²) < 4.78 is 49.5. The number of carbonyl (C=O) groups excluding carboxylic acids is 2. The molecule has 4 rings (SSSR count). The van der Waals surface area contributed by atoms with Crippen LogP contribution in [0.5, 0.6) is 0 Å². The number of rotatable bonds is 8. The van der Waals surface area contributed by atoms with Gasteiger partial charge in [0.25, 0.3) is 5.91 Å². The molecule has 2 fully saturated rings. The van der Waals surface area contributed by atoms with Gasteiger partial charge < -0.3 is 15.2 Å². The van der Waals surface area contributed by atoms with Crippen molar-refractivity contribution in [2.24, 2.45) is 11.3 Å². The molecule has 40 heavy (non-hydrogen) atoms. The van der Waals surface area contributed by atoms with Crippen molar-refractivity contribution < 1.29 is 37.4 Å². The molecule has 1 saturated carbocycles. The van der Waals surface area contributed by atoms with E-state index in [2.05, 4.69) is 10.4 Å². The van der Waals surface area contributed by atoms with Gasteiger partial charge in [-0.1, -0.05) is 36.2 Å². The van der Waals surface area contributed by atoms with Crippen molar-refractivity contribution in [1.82, 2.24) is 15.1 Å². The van der Waals surface area contributed by atoms with E-state index in [1.165, 1.54) is 12.1 Å². The summed E-state index contributed by atoms with van der Waals surface area (Å²) >= 11 is 12.4. The highest BCUT2D eigenvalue weighted by molar-refractivity contribution is 6.39. The number of ether oxygens (including phenoxy) is 1. The summed E-state index contributed by atoms with van der Waals surface area (Å²) in [5, 5.41) is 16.2. The smallest absolute Gasteiger partial charge is 0.433 e. The zero-order valence-electron chi connectivity index (χ0n) is 21.9. The molecule has 8 nitrogen and oxygen atoms in total. The SMILES string of the molecule is C[C@H]1CCO[C@@H]1C(CC(=O)c1c(Cl)cccc1Cl)NC(=O)c1cnn(C2CCC(C)(C(=O)O)CC2)c1C(F)(F)F. The number of carbonyl (C=O) groups is 3. The molecule has 2 aliphatic rings. The highest BCUT2D eigenvalue weighted by atomic mass is 35.5. The number of ketones is 1. The van der Waals surface area contributed by atoms with Gasteiger partial charge in [0.1, 0.15) is 0 Å². The van der Waals surface area contributed by atoms with Crippen LogP contribution in [-0.4, -0.2) is 51.3 Å². The summed E-state index contributed by atoms with van der Waals surface area (Å²) in [6.45, 7) is 3.82. The van der Waals surface area contributed by atoms with Crippen LogP contribution in [0.25, 0.3) is 0 Å². The highest BCUT2D eigenvalue weighted by Gasteiger charge is 2.45. The number of alkyl halides is 3. The molecular formula is C27H30Cl2F3N3O5. The number of carboxylic acid groups (broad SMARTS) is 1. The maximum absolute atomic E-state index is 14.3. The number of benzene rings is 1. The minimum Gasteiger partial charge on any atom is -0.481 e. The van der Waals surface area contributed by atoms with Crippen LogP contribution >= 0.6 is 23.2 Å². The van der Waals surface area contributed by atoms with Crippen molar-refractivity contribution in [2.45, 2.75) is 76.7 Å². The number of nitrogens with one attached hydrogen (secondary N) is 1. The zero-order chi connectivity index (χ0) is 29.4. The van der Waals surface area contributed by atoms with E-state index in [-0.39, 0.29) is 53.6 Å².